The van der Waals surface area contributed by atoms with Crippen molar-refractivity contribution in [2.75, 3.05) is 13.1 Å². The molecule has 3 aliphatic rings. The molecule has 1 N–H and O–H groups in total. The fourth-order valence-electron chi connectivity index (χ4n) is 5.11. The summed E-state index contributed by atoms with van der Waals surface area (Å²) < 4.78 is 5.26. The van der Waals surface area contributed by atoms with Gasteiger partial charge in [-0.25, -0.2) is 0 Å². The molecule has 3 heterocycles. The minimum Gasteiger partial charge on any atom is -0.393 e. The molecule has 27 heavy (non-hydrogen) atoms. The van der Waals surface area contributed by atoms with Crippen molar-refractivity contribution in [1.82, 2.24) is 15.0 Å². The molecule has 4 rings (SSSR count). The number of aliphatic hydroxyl groups excluding tert-OH is 1. The molecule has 7 heteroatoms. The molecule has 1 spiro atoms. The predicted octanol–water partition coefficient (Wildman–Crippen LogP) is 2.14. The van der Waals surface area contributed by atoms with Crippen molar-refractivity contribution in [2.45, 2.75) is 82.4 Å². The van der Waals surface area contributed by atoms with Gasteiger partial charge in [-0.1, -0.05) is 12.1 Å². The molecule has 7 nitrogen and oxygen atoms in total. The van der Waals surface area contributed by atoms with E-state index in [4.69, 9.17) is 4.52 Å². The van der Waals surface area contributed by atoms with Crippen LogP contribution in [0, 0.1) is 0 Å². The SMILES string of the molecule is CCc1cc(C(=O)N2CCCC23CCCN(C2CCC(O)CC2)C3=O)on1. The number of hydrogen-bond acceptors (Lipinski definition) is 5. The Morgan fingerprint density at radius 1 is 1.26 bits per heavy atom. The number of nitrogens with zero attached hydrogens (tertiary/aromatic N) is 3. The van der Waals surface area contributed by atoms with Crippen LogP contribution in [0.2, 0.25) is 0 Å². The molecule has 0 aromatic carbocycles. The second kappa shape index (κ2) is 7.26. The summed E-state index contributed by atoms with van der Waals surface area (Å²) in [6.45, 7) is 3.31. The van der Waals surface area contributed by atoms with E-state index in [1.807, 2.05) is 11.8 Å². The Bertz CT molecular complexity index is 710. The van der Waals surface area contributed by atoms with Crippen molar-refractivity contribution < 1.29 is 19.2 Å². The van der Waals surface area contributed by atoms with Crippen LogP contribution in [-0.2, 0) is 11.2 Å². The Morgan fingerprint density at radius 2 is 1.96 bits per heavy atom. The molecule has 148 valence electrons. The highest BCUT2D eigenvalue weighted by atomic mass is 16.5. The number of likely N-dealkylation sites (tertiary alicyclic amines) is 2. The van der Waals surface area contributed by atoms with Gasteiger partial charge in [0.2, 0.25) is 11.7 Å². The highest BCUT2D eigenvalue weighted by molar-refractivity contribution is 5.98. The molecule has 1 aromatic rings. The molecule has 2 aliphatic heterocycles. The van der Waals surface area contributed by atoms with Crippen LogP contribution >= 0.6 is 0 Å². The lowest BCUT2D eigenvalue weighted by atomic mass is 9.82. The number of carbonyl (C=O) groups is 2. The van der Waals surface area contributed by atoms with Gasteiger partial charge in [-0.3, -0.25) is 9.59 Å². The summed E-state index contributed by atoms with van der Waals surface area (Å²) in [5.74, 6) is 0.115. The summed E-state index contributed by atoms with van der Waals surface area (Å²) in [5.41, 5.74) is 0.0221. The molecule has 2 saturated heterocycles. The summed E-state index contributed by atoms with van der Waals surface area (Å²) in [4.78, 5) is 30.4. The van der Waals surface area contributed by atoms with Crippen LogP contribution in [0.3, 0.4) is 0 Å². The van der Waals surface area contributed by atoms with E-state index in [0.29, 0.717) is 13.0 Å². The van der Waals surface area contributed by atoms with E-state index in [0.717, 1.165) is 63.6 Å². The number of carbonyl (C=O) groups excluding carboxylic acids is 2. The third-order valence-electron chi connectivity index (χ3n) is 6.62. The van der Waals surface area contributed by atoms with Crippen LogP contribution in [0.4, 0.5) is 0 Å². The molecule has 1 unspecified atom stereocenters. The first-order valence-corrected chi connectivity index (χ1v) is 10.3. The second-order valence-corrected chi connectivity index (χ2v) is 8.19. The van der Waals surface area contributed by atoms with Crippen LogP contribution in [0.1, 0.15) is 74.5 Å². The molecule has 1 atom stereocenters. The lowest BCUT2D eigenvalue weighted by Crippen LogP contribution is -2.63. The summed E-state index contributed by atoms with van der Waals surface area (Å²) in [6.07, 6.45) is 6.86. The van der Waals surface area contributed by atoms with Crippen molar-refractivity contribution in [1.29, 1.82) is 0 Å². The lowest BCUT2D eigenvalue weighted by Gasteiger charge is -2.47. The minimum atomic E-state index is -0.732. The van der Waals surface area contributed by atoms with E-state index >= 15 is 0 Å². The van der Waals surface area contributed by atoms with Crippen LogP contribution in [0.15, 0.2) is 10.6 Å². The number of aryl methyl sites for hydroxylation is 1. The topological polar surface area (TPSA) is 86.9 Å². The van der Waals surface area contributed by atoms with E-state index in [2.05, 4.69) is 5.16 Å². The number of aliphatic hydroxyl groups is 1. The standard InChI is InChI=1S/C20H29N3O4/c1-2-14-13-17(27-21-14)18(25)23-12-4-10-20(23)9-3-11-22(19(20)26)15-5-7-16(24)8-6-15/h13,15-16,24H,2-12H2,1H3. The van der Waals surface area contributed by atoms with Crippen molar-refractivity contribution in [3.8, 4) is 0 Å². The highest BCUT2D eigenvalue weighted by Gasteiger charge is 2.54. The number of piperidine rings is 1. The molecule has 0 radical (unpaired) electrons. The van der Waals surface area contributed by atoms with Crippen LogP contribution in [0.5, 0.6) is 0 Å². The minimum absolute atomic E-state index is 0.0937. The zero-order chi connectivity index (χ0) is 19.0. The predicted molar refractivity (Wildman–Crippen MR) is 98.1 cm³/mol. The van der Waals surface area contributed by atoms with E-state index in [-0.39, 0.29) is 29.7 Å². The highest BCUT2D eigenvalue weighted by Crippen LogP contribution is 2.41. The van der Waals surface area contributed by atoms with Gasteiger partial charge in [-0.2, -0.15) is 0 Å². The van der Waals surface area contributed by atoms with Gasteiger partial charge in [0.1, 0.15) is 5.54 Å². The average Bonchev–Trinajstić information content (AvgIpc) is 3.32. The maximum Gasteiger partial charge on any atom is 0.293 e. The number of rotatable bonds is 3. The number of amides is 2. The van der Waals surface area contributed by atoms with Gasteiger partial charge in [0, 0.05) is 25.2 Å². The normalized spacial score (nSPS) is 31.7. The molecular weight excluding hydrogens is 346 g/mol. The number of aromatic nitrogens is 1. The maximum atomic E-state index is 13.6. The third kappa shape index (κ3) is 3.16. The van der Waals surface area contributed by atoms with Gasteiger partial charge in [0.15, 0.2) is 0 Å². The first-order valence-electron chi connectivity index (χ1n) is 10.3. The monoisotopic (exact) mass is 375 g/mol. The molecular formula is C20H29N3O4. The van der Waals surface area contributed by atoms with Gasteiger partial charge in [-0.15, -0.1) is 0 Å². The zero-order valence-electron chi connectivity index (χ0n) is 16.0. The van der Waals surface area contributed by atoms with Crippen molar-refractivity contribution in [2.24, 2.45) is 0 Å². The first kappa shape index (κ1) is 18.5. The largest absolute Gasteiger partial charge is 0.393 e. The van der Waals surface area contributed by atoms with Gasteiger partial charge >= 0.3 is 0 Å². The van der Waals surface area contributed by atoms with Crippen molar-refractivity contribution in [3.05, 3.63) is 17.5 Å². The van der Waals surface area contributed by atoms with Crippen LogP contribution in [-0.4, -0.2) is 62.7 Å². The first-order chi connectivity index (χ1) is 13.0. The van der Waals surface area contributed by atoms with E-state index in [9.17, 15) is 14.7 Å². The Balaban J connectivity index is 1.56. The Kier molecular flexibility index (Phi) is 4.97. The van der Waals surface area contributed by atoms with E-state index in [1.165, 1.54) is 0 Å². The maximum absolute atomic E-state index is 13.6. The lowest BCUT2D eigenvalue weighted by molar-refractivity contribution is -0.150. The zero-order valence-corrected chi connectivity index (χ0v) is 16.0. The molecule has 1 aromatic heterocycles. The molecule has 0 bridgehead atoms. The Labute approximate surface area is 159 Å². The Morgan fingerprint density at radius 3 is 2.63 bits per heavy atom. The third-order valence-corrected chi connectivity index (χ3v) is 6.62. The molecule has 1 saturated carbocycles. The van der Waals surface area contributed by atoms with Crippen LogP contribution in [0.25, 0.3) is 0 Å². The Hall–Kier alpha value is -1.89. The van der Waals surface area contributed by atoms with Crippen molar-refractivity contribution >= 4 is 11.8 Å². The quantitative estimate of drug-likeness (QED) is 0.875. The summed E-state index contributed by atoms with van der Waals surface area (Å²) in [5, 5.41) is 13.7. The summed E-state index contributed by atoms with van der Waals surface area (Å²) in [6, 6.07) is 1.88. The van der Waals surface area contributed by atoms with Gasteiger partial charge in [0.25, 0.3) is 5.91 Å². The molecule has 3 fully saturated rings. The fourth-order valence-corrected chi connectivity index (χ4v) is 5.11. The van der Waals surface area contributed by atoms with E-state index < -0.39 is 5.54 Å². The van der Waals surface area contributed by atoms with Gasteiger partial charge in [-0.05, 0) is 57.8 Å². The second-order valence-electron chi connectivity index (χ2n) is 8.19. The van der Waals surface area contributed by atoms with Crippen LogP contribution < -0.4 is 0 Å². The van der Waals surface area contributed by atoms with Gasteiger partial charge in [0.05, 0.1) is 11.8 Å². The average molecular weight is 375 g/mol. The molecule has 1 aliphatic carbocycles. The van der Waals surface area contributed by atoms with Gasteiger partial charge < -0.3 is 19.4 Å². The summed E-state index contributed by atoms with van der Waals surface area (Å²) >= 11 is 0. The molecule has 2 amide bonds. The van der Waals surface area contributed by atoms with Crippen molar-refractivity contribution in [3.63, 3.8) is 0 Å². The smallest absolute Gasteiger partial charge is 0.293 e. The number of hydrogen-bond donors (Lipinski definition) is 1. The van der Waals surface area contributed by atoms with E-state index in [1.54, 1.807) is 11.0 Å². The summed E-state index contributed by atoms with van der Waals surface area (Å²) in [7, 11) is 0. The fraction of sp³-hybridized carbons (Fsp3) is 0.750.